The Balaban J connectivity index is 1.39. The Bertz CT molecular complexity index is 660. The molecule has 5 atom stereocenters. The number of rotatable bonds is 1. The molecule has 0 bridgehead atoms. The first-order chi connectivity index (χ1) is 11.5. The Labute approximate surface area is 139 Å². The van der Waals surface area contributed by atoms with Gasteiger partial charge in [0.15, 0.2) is 0 Å². The zero-order chi connectivity index (χ0) is 16.5. The molecule has 130 valence electrons. The summed E-state index contributed by atoms with van der Waals surface area (Å²) in [5.74, 6) is 0.736. The number of ether oxygens (including phenoxy) is 1. The Morgan fingerprint density at radius 1 is 1.46 bits per heavy atom. The van der Waals surface area contributed by atoms with Crippen molar-refractivity contribution in [2.45, 2.75) is 30.7 Å². The molecule has 5 aliphatic heterocycles. The van der Waals surface area contributed by atoms with E-state index in [1.54, 1.807) is 13.9 Å². The van der Waals surface area contributed by atoms with Crippen LogP contribution in [0.25, 0.3) is 0 Å². The molecule has 0 amide bonds. The molecule has 5 rings (SSSR count). The summed E-state index contributed by atoms with van der Waals surface area (Å²) in [6, 6.07) is 0. The number of hydrogen-bond donors (Lipinski definition) is 4. The maximum absolute atomic E-state index is 10.7. The van der Waals surface area contributed by atoms with Gasteiger partial charge in [0, 0.05) is 0 Å². The van der Waals surface area contributed by atoms with E-state index in [0.29, 0.717) is 6.67 Å². The van der Waals surface area contributed by atoms with Gasteiger partial charge < -0.3 is 0 Å². The summed E-state index contributed by atoms with van der Waals surface area (Å²) in [7, 11) is -1.64. The van der Waals surface area contributed by atoms with E-state index in [0.717, 1.165) is 11.5 Å². The van der Waals surface area contributed by atoms with E-state index in [1.165, 1.54) is 0 Å². The summed E-state index contributed by atoms with van der Waals surface area (Å²) in [5, 5.41) is 17.2. The molecule has 0 aromatic heterocycles. The number of nitrogens with one attached hydrogen (secondary N) is 2. The van der Waals surface area contributed by atoms with Crippen LogP contribution in [0.15, 0.2) is 28.9 Å². The number of aliphatic imine (C=N–C) groups is 1. The Morgan fingerprint density at radius 2 is 2.33 bits per heavy atom. The minimum absolute atomic E-state index is 0.0175. The number of aliphatic hydroxyl groups excluding tert-OH is 1. The van der Waals surface area contributed by atoms with Gasteiger partial charge in [-0.05, 0) is 0 Å². The van der Waals surface area contributed by atoms with Gasteiger partial charge in [-0.2, -0.15) is 0 Å². The van der Waals surface area contributed by atoms with Crippen molar-refractivity contribution in [3.8, 4) is 0 Å². The average molecular weight is 355 g/mol. The van der Waals surface area contributed by atoms with Crippen molar-refractivity contribution >= 4 is 21.7 Å². The third-order valence-electron chi connectivity index (χ3n) is 4.83. The van der Waals surface area contributed by atoms with Crippen LogP contribution in [0, 0.1) is 0 Å². The second kappa shape index (κ2) is 5.07. The van der Waals surface area contributed by atoms with Crippen molar-refractivity contribution in [1.82, 2.24) is 20.4 Å². The average Bonchev–Trinajstić information content (AvgIpc) is 3.23. The van der Waals surface area contributed by atoms with Crippen LogP contribution >= 0.6 is 7.82 Å². The normalized spacial score (nSPS) is 43.2. The molecular weight excluding hydrogens is 336 g/mol. The van der Waals surface area contributed by atoms with Crippen molar-refractivity contribution in [2.75, 3.05) is 13.3 Å². The molecule has 12 heteroatoms. The van der Waals surface area contributed by atoms with Crippen LogP contribution in [-0.2, 0) is 13.8 Å². The molecule has 5 aliphatic rings. The number of aliphatic hydroxyl groups is 1. The van der Waals surface area contributed by atoms with Crippen LogP contribution < -0.4 is 10.6 Å². The molecule has 0 aliphatic carbocycles. The molecule has 0 radical (unpaired) electrons. The van der Waals surface area contributed by atoms with Crippen LogP contribution in [0.2, 0.25) is 0 Å². The first-order valence-electron chi connectivity index (χ1n) is 7.90. The van der Waals surface area contributed by atoms with Crippen molar-refractivity contribution < 1.29 is 23.8 Å². The van der Waals surface area contributed by atoms with Crippen LogP contribution in [0.3, 0.4) is 0 Å². The zero-order valence-electron chi connectivity index (χ0n) is 13.0. The first-order valence-corrected chi connectivity index (χ1v) is 10.2. The molecule has 5 heterocycles. The summed E-state index contributed by atoms with van der Waals surface area (Å²) in [6.07, 6.45) is 3.00. The van der Waals surface area contributed by atoms with Gasteiger partial charge >= 0.3 is 139 Å². The first kappa shape index (κ1) is 14.9. The SMILES string of the molecule is B[PH]1(O)OCC2O[C@@H](N3CNC4=C3N=CN3C=CNC43)[C@@H](O)[C@H]2O1. The molecule has 24 heavy (non-hydrogen) atoms. The summed E-state index contributed by atoms with van der Waals surface area (Å²) in [6.45, 7) is 0.694. The van der Waals surface area contributed by atoms with E-state index < -0.39 is 32.4 Å². The van der Waals surface area contributed by atoms with Crippen LogP contribution in [-0.4, -0.2) is 77.7 Å². The summed E-state index contributed by atoms with van der Waals surface area (Å²) in [4.78, 5) is 18.4. The third-order valence-corrected chi connectivity index (χ3v) is 6.24. The van der Waals surface area contributed by atoms with Gasteiger partial charge in [0.2, 0.25) is 0 Å². The van der Waals surface area contributed by atoms with E-state index in [4.69, 9.17) is 13.8 Å². The Hall–Kier alpha value is -1.36. The standard InChI is InChI=1S/C12H19BN5O5P/c13-24(20)21-3-6-9(23-24)8(19)12(22-6)18-5-15-7-10-14-1-2-17(10)4-16-11(7)18/h1-2,4,6,8-10,12,14-15,19-20,24H,3,5,13H2/t6?,8-,9-,10?,12+/m0/s1. The quantitative estimate of drug-likeness (QED) is 0.295. The van der Waals surface area contributed by atoms with E-state index in [9.17, 15) is 10.00 Å². The molecular formula is C12H19BN5O5P. The zero-order valence-corrected chi connectivity index (χ0v) is 14.0. The predicted molar refractivity (Wildman–Crippen MR) is 87.8 cm³/mol. The Morgan fingerprint density at radius 3 is 3.21 bits per heavy atom. The van der Waals surface area contributed by atoms with Crippen molar-refractivity contribution in [3.05, 3.63) is 23.9 Å². The maximum atomic E-state index is 10.7. The fourth-order valence-corrected chi connectivity index (χ4v) is 5.02. The van der Waals surface area contributed by atoms with Gasteiger partial charge in [0.1, 0.15) is 0 Å². The molecule has 2 unspecified atom stereocenters. The van der Waals surface area contributed by atoms with Gasteiger partial charge in [-0.15, -0.1) is 0 Å². The topological polar surface area (TPSA) is 111 Å². The molecule has 0 aromatic rings. The molecule has 0 saturated carbocycles. The van der Waals surface area contributed by atoms with Gasteiger partial charge in [-0.1, -0.05) is 0 Å². The Kier molecular flexibility index (Phi) is 3.16. The van der Waals surface area contributed by atoms with Gasteiger partial charge in [-0.3, -0.25) is 0 Å². The molecule has 0 spiro atoms. The van der Waals surface area contributed by atoms with Crippen molar-refractivity contribution in [2.24, 2.45) is 4.99 Å². The number of hydrogen-bond acceptors (Lipinski definition) is 10. The van der Waals surface area contributed by atoms with E-state index >= 15 is 0 Å². The van der Waals surface area contributed by atoms with Crippen molar-refractivity contribution in [3.63, 3.8) is 0 Å². The fourth-order valence-electron chi connectivity index (χ4n) is 3.68. The molecule has 2 fully saturated rings. The predicted octanol–water partition coefficient (Wildman–Crippen LogP) is -2.70. The van der Waals surface area contributed by atoms with Crippen molar-refractivity contribution in [1.29, 1.82) is 0 Å². The van der Waals surface area contributed by atoms with E-state index in [1.807, 2.05) is 22.2 Å². The second-order valence-corrected chi connectivity index (χ2v) is 8.79. The monoisotopic (exact) mass is 355 g/mol. The van der Waals surface area contributed by atoms with Crippen LogP contribution in [0.5, 0.6) is 0 Å². The van der Waals surface area contributed by atoms with Gasteiger partial charge in [0.05, 0.1) is 0 Å². The summed E-state index contributed by atoms with van der Waals surface area (Å²) < 4.78 is 16.9. The third kappa shape index (κ3) is 2.10. The number of fused-ring (bicyclic) bond motifs is 3. The van der Waals surface area contributed by atoms with Gasteiger partial charge in [-0.25, -0.2) is 0 Å². The summed E-state index contributed by atoms with van der Waals surface area (Å²) in [5.41, 5.74) is 0.937. The minimum atomic E-state index is -3.18. The molecule has 2 saturated heterocycles. The summed E-state index contributed by atoms with van der Waals surface area (Å²) >= 11 is 0. The second-order valence-electron chi connectivity index (χ2n) is 6.47. The van der Waals surface area contributed by atoms with E-state index in [-0.39, 0.29) is 12.8 Å². The fraction of sp³-hybridized carbons (Fsp3) is 0.583. The van der Waals surface area contributed by atoms with E-state index in [2.05, 4.69) is 15.6 Å². The molecule has 0 aromatic carbocycles. The molecule has 4 N–H and O–H groups in total. The van der Waals surface area contributed by atoms with Gasteiger partial charge in [0.25, 0.3) is 0 Å². The van der Waals surface area contributed by atoms with Crippen LogP contribution in [0.4, 0.5) is 0 Å². The van der Waals surface area contributed by atoms with Crippen LogP contribution in [0.1, 0.15) is 0 Å². The number of nitrogens with zero attached hydrogens (tertiary/aromatic N) is 3. The molecule has 10 nitrogen and oxygen atoms in total.